The Morgan fingerprint density at radius 2 is 1.65 bits per heavy atom. The predicted molar refractivity (Wildman–Crippen MR) is 145 cm³/mol. The zero-order chi connectivity index (χ0) is 26.2. The van der Waals surface area contributed by atoms with Crippen LogP contribution in [-0.4, -0.2) is 30.5 Å². The summed E-state index contributed by atoms with van der Waals surface area (Å²) in [5, 5.41) is 0.624. The first-order valence-electron chi connectivity index (χ1n) is 11.2. The van der Waals surface area contributed by atoms with E-state index >= 15 is 0 Å². The Balaban J connectivity index is 1.65. The van der Waals surface area contributed by atoms with Gasteiger partial charge in [-0.2, -0.15) is 0 Å². The van der Waals surface area contributed by atoms with Crippen LogP contribution in [-0.2, 0) is 10.0 Å². The second-order valence-electron chi connectivity index (χ2n) is 8.29. The number of aromatic amines is 1. The van der Waals surface area contributed by atoms with Crippen molar-refractivity contribution < 1.29 is 13.2 Å². The molecule has 0 fully saturated rings. The van der Waals surface area contributed by atoms with Crippen LogP contribution < -0.4 is 14.9 Å². The van der Waals surface area contributed by atoms with Crippen LogP contribution in [0.25, 0.3) is 33.4 Å². The zero-order valence-electron chi connectivity index (χ0n) is 19.8. The topological polar surface area (TPSA) is 114 Å². The molecule has 186 valence electrons. The fraction of sp³-hybridized carbons (Fsp3) is 0.0741. The number of nitrogens with one attached hydrogen (secondary N) is 2. The molecule has 0 amide bonds. The summed E-state index contributed by atoms with van der Waals surface area (Å²) in [6, 6.07) is 21.9. The monoisotopic (exact) mass is 532 g/mol. The van der Waals surface area contributed by atoms with Gasteiger partial charge in [0.05, 0.1) is 23.1 Å². The Labute approximate surface area is 218 Å². The van der Waals surface area contributed by atoms with E-state index in [-0.39, 0.29) is 16.4 Å². The number of sulfonamides is 1. The number of methoxy groups -OCH3 is 1. The number of anilines is 1. The van der Waals surface area contributed by atoms with Crippen molar-refractivity contribution in [3.05, 3.63) is 99.9 Å². The van der Waals surface area contributed by atoms with Gasteiger partial charge in [0, 0.05) is 22.9 Å². The number of nitrogens with zero attached hydrogens (tertiary/aromatic N) is 2. The minimum Gasteiger partial charge on any atom is -0.497 e. The third kappa shape index (κ3) is 5.04. The van der Waals surface area contributed by atoms with Crippen LogP contribution in [0.3, 0.4) is 0 Å². The maximum atomic E-state index is 13.1. The molecule has 0 bridgehead atoms. The lowest BCUT2D eigenvalue weighted by Gasteiger charge is -2.14. The van der Waals surface area contributed by atoms with Gasteiger partial charge < -0.3 is 9.72 Å². The maximum Gasteiger partial charge on any atom is 0.263 e. The molecule has 37 heavy (non-hydrogen) atoms. The van der Waals surface area contributed by atoms with Crippen LogP contribution in [0.4, 0.5) is 5.82 Å². The Morgan fingerprint density at radius 3 is 2.32 bits per heavy atom. The van der Waals surface area contributed by atoms with Crippen molar-refractivity contribution in [2.45, 2.75) is 11.8 Å². The number of hydrogen-bond acceptors (Lipinski definition) is 6. The van der Waals surface area contributed by atoms with Crippen molar-refractivity contribution in [3.63, 3.8) is 0 Å². The highest BCUT2D eigenvalue weighted by atomic mass is 35.5. The van der Waals surface area contributed by atoms with Gasteiger partial charge in [-0.3, -0.25) is 9.52 Å². The van der Waals surface area contributed by atoms with Gasteiger partial charge in [0.1, 0.15) is 22.4 Å². The van der Waals surface area contributed by atoms with Gasteiger partial charge in [-0.25, -0.2) is 18.4 Å². The molecule has 0 saturated carbocycles. The molecule has 2 N–H and O–H groups in total. The first kappa shape index (κ1) is 24.5. The van der Waals surface area contributed by atoms with E-state index in [1.54, 1.807) is 24.3 Å². The second-order valence-corrected chi connectivity index (χ2v) is 10.4. The minimum absolute atomic E-state index is 0.00428. The molecule has 10 heteroatoms. The molecule has 0 atom stereocenters. The SMILES string of the molecule is COc1ccc(S(=O)(=O)Nc2cc(=O)c3cc(-c4cc(C)nc(Cl)c4)c(-c4ccccc4)nc3[nH]2)cc1. The Hall–Kier alpha value is -4.21. The van der Waals surface area contributed by atoms with E-state index in [0.29, 0.717) is 27.5 Å². The molecule has 0 saturated heterocycles. The van der Waals surface area contributed by atoms with E-state index in [9.17, 15) is 13.2 Å². The van der Waals surface area contributed by atoms with Gasteiger partial charge in [-0.15, -0.1) is 0 Å². The summed E-state index contributed by atoms with van der Waals surface area (Å²) in [4.78, 5) is 25.1. The van der Waals surface area contributed by atoms with Crippen LogP contribution in [0.1, 0.15) is 5.69 Å². The maximum absolute atomic E-state index is 13.1. The highest BCUT2D eigenvalue weighted by molar-refractivity contribution is 7.92. The van der Waals surface area contributed by atoms with E-state index in [1.165, 1.54) is 25.3 Å². The van der Waals surface area contributed by atoms with Crippen LogP contribution in [0.2, 0.25) is 5.15 Å². The molecule has 0 aliphatic rings. The fourth-order valence-electron chi connectivity index (χ4n) is 4.00. The van der Waals surface area contributed by atoms with Gasteiger partial charge in [0.2, 0.25) is 0 Å². The molecule has 3 aromatic heterocycles. The van der Waals surface area contributed by atoms with E-state index in [0.717, 1.165) is 16.8 Å². The third-order valence-electron chi connectivity index (χ3n) is 5.71. The van der Waals surface area contributed by atoms with E-state index < -0.39 is 15.5 Å². The van der Waals surface area contributed by atoms with Gasteiger partial charge in [-0.1, -0.05) is 41.9 Å². The number of benzene rings is 2. The number of aromatic nitrogens is 3. The molecule has 0 unspecified atom stereocenters. The Morgan fingerprint density at radius 1 is 0.919 bits per heavy atom. The van der Waals surface area contributed by atoms with Crippen LogP contribution in [0, 0.1) is 6.92 Å². The lowest BCUT2D eigenvalue weighted by molar-refractivity contribution is 0.414. The lowest BCUT2D eigenvalue weighted by Crippen LogP contribution is -2.16. The first-order chi connectivity index (χ1) is 17.7. The number of aryl methyl sites for hydroxylation is 1. The molecule has 8 nitrogen and oxygen atoms in total. The smallest absolute Gasteiger partial charge is 0.263 e. The first-order valence-corrected chi connectivity index (χ1v) is 13.0. The number of pyridine rings is 3. The number of H-pyrrole nitrogens is 1. The third-order valence-corrected chi connectivity index (χ3v) is 7.29. The number of rotatable bonds is 6. The van der Waals surface area contributed by atoms with Crippen LogP contribution >= 0.6 is 11.6 Å². The summed E-state index contributed by atoms with van der Waals surface area (Å²) in [5.74, 6) is 0.521. The molecular weight excluding hydrogens is 512 g/mol. The van der Waals surface area contributed by atoms with E-state index in [1.807, 2.05) is 43.3 Å². The molecular formula is C27H21ClN4O4S. The lowest BCUT2D eigenvalue weighted by atomic mass is 9.98. The van der Waals surface area contributed by atoms with Gasteiger partial charge in [-0.05, 0) is 55.0 Å². The summed E-state index contributed by atoms with van der Waals surface area (Å²) in [6.07, 6.45) is 0. The van der Waals surface area contributed by atoms with Gasteiger partial charge in [0.25, 0.3) is 10.0 Å². The fourth-order valence-corrected chi connectivity index (χ4v) is 5.26. The second kappa shape index (κ2) is 9.68. The average molecular weight is 533 g/mol. The summed E-state index contributed by atoms with van der Waals surface area (Å²) < 4.78 is 33.4. The standard InChI is InChI=1S/C27H21ClN4O4S/c1-16-12-18(13-24(28)29-16)21-14-22-23(33)15-25(30-27(22)31-26(21)17-6-4-3-5-7-17)32-37(34,35)20-10-8-19(36-2)9-11-20/h3-15H,1-2H3,(H2,30,31,32,33). The number of fused-ring (bicyclic) bond motifs is 1. The van der Waals surface area contributed by atoms with Crippen molar-refractivity contribution in [2.75, 3.05) is 11.8 Å². The van der Waals surface area contributed by atoms with Crippen molar-refractivity contribution >= 4 is 38.5 Å². The predicted octanol–water partition coefficient (Wildman–Crippen LogP) is 5.42. The number of hydrogen-bond donors (Lipinski definition) is 2. The van der Waals surface area contributed by atoms with Crippen molar-refractivity contribution in [1.29, 1.82) is 0 Å². The molecule has 0 aliphatic heterocycles. The highest BCUT2D eigenvalue weighted by Gasteiger charge is 2.18. The zero-order valence-corrected chi connectivity index (χ0v) is 21.4. The summed E-state index contributed by atoms with van der Waals surface area (Å²) in [7, 11) is -2.48. The number of halogens is 1. The molecule has 0 radical (unpaired) electrons. The summed E-state index contributed by atoms with van der Waals surface area (Å²) in [6.45, 7) is 1.83. The van der Waals surface area contributed by atoms with Crippen LogP contribution in [0.5, 0.6) is 5.75 Å². The molecule has 0 spiro atoms. The normalized spacial score (nSPS) is 11.4. The van der Waals surface area contributed by atoms with Gasteiger partial charge >= 0.3 is 0 Å². The molecule has 5 aromatic rings. The largest absolute Gasteiger partial charge is 0.497 e. The Kier molecular flexibility index (Phi) is 6.41. The van der Waals surface area contributed by atoms with Gasteiger partial charge in [0.15, 0.2) is 5.43 Å². The summed E-state index contributed by atoms with van der Waals surface area (Å²) >= 11 is 6.23. The Bertz CT molecular complexity index is 1770. The van der Waals surface area contributed by atoms with Crippen molar-refractivity contribution in [2.24, 2.45) is 0 Å². The van der Waals surface area contributed by atoms with Crippen molar-refractivity contribution in [3.8, 4) is 28.1 Å². The minimum atomic E-state index is -3.97. The highest BCUT2D eigenvalue weighted by Crippen LogP contribution is 2.34. The van der Waals surface area contributed by atoms with Crippen molar-refractivity contribution in [1.82, 2.24) is 15.0 Å². The molecule has 5 rings (SSSR count). The van der Waals surface area contributed by atoms with E-state index in [4.69, 9.17) is 21.3 Å². The average Bonchev–Trinajstić information content (AvgIpc) is 2.88. The quantitative estimate of drug-likeness (QED) is 0.282. The molecule has 2 aromatic carbocycles. The van der Waals surface area contributed by atoms with Crippen LogP contribution in [0.15, 0.2) is 88.6 Å². The number of ether oxygens (including phenoxy) is 1. The summed E-state index contributed by atoms with van der Waals surface area (Å²) in [5.41, 5.74) is 3.43. The molecule has 3 heterocycles. The van der Waals surface area contributed by atoms with E-state index in [2.05, 4.69) is 14.7 Å². The molecule has 0 aliphatic carbocycles.